The van der Waals surface area contributed by atoms with Gasteiger partial charge in [0.05, 0.1) is 17.3 Å². The molecule has 0 bridgehead atoms. The maximum absolute atomic E-state index is 13.2. The Labute approximate surface area is 193 Å². The van der Waals surface area contributed by atoms with Crippen LogP contribution in [0.2, 0.25) is 0 Å². The first-order valence-corrected chi connectivity index (χ1v) is 11.3. The van der Waals surface area contributed by atoms with Crippen molar-refractivity contribution in [2.24, 2.45) is 0 Å². The van der Waals surface area contributed by atoms with E-state index in [1.54, 1.807) is 10.7 Å². The third-order valence-electron chi connectivity index (χ3n) is 6.36. The summed E-state index contributed by atoms with van der Waals surface area (Å²) >= 11 is 0. The van der Waals surface area contributed by atoms with Gasteiger partial charge >= 0.3 is 0 Å². The predicted octanol–water partition coefficient (Wildman–Crippen LogP) is 3.84. The van der Waals surface area contributed by atoms with E-state index >= 15 is 0 Å². The van der Waals surface area contributed by atoms with E-state index in [0.29, 0.717) is 38.2 Å². The smallest absolute Gasteiger partial charge is 0.257 e. The summed E-state index contributed by atoms with van der Waals surface area (Å²) in [5.74, 6) is 0.101. The second-order valence-corrected chi connectivity index (χ2v) is 8.34. The number of carbonyl (C=O) groups excluding carboxylic acids is 2. The minimum Gasteiger partial charge on any atom is -0.339 e. The van der Waals surface area contributed by atoms with E-state index in [9.17, 15) is 9.59 Å². The van der Waals surface area contributed by atoms with Crippen molar-refractivity contribution in [3.63, 3.8) is 0 Å². The largest absolute Gasteiger partial charge is 0.339 e. The molecule has 6 heteroatoms. The molecule has 2 aromatic carbocycles. The number of hydrogen-bond donors (Lipinski definition) is 0. The Morgan fingerprint density at radius 1 is 0.758 bits per heavy atom. The van der Waals surface area contributed by atoms with Crippen molar-refractivity contribution in [3.05, 3.63) is 108 Å². The Balaban J connectivity index is 1.26. The summed E-state index contributed by atoms with van der Waals surface area (Å²) in [5.41, 5.74) is 3.68. The third kappa shape index (κ3) is 4.37. The number of pyridine rings is 1. The van der Waals surface area contributed by atoms with Crippen LogP contribution in [0.5, 0.6) is 0 Å². The van der Waals surface area contributed by atoms with Crippen molar-refractivity contribution >= 4 is 17.3 Å². The maximum Gasteiger partial charge on any atom is 0.257 e. The minimum absolute atomic E-state index is 0.0124. The quantitative estimate of drug-likeness (QED) is 0.476. The van der Waals surface area contributed by atoms with E-state index in [2.05, 4.69) is 29.4 Å². The molecular formula is C27H26N4O2. The second-order valence-electron chi connectivity index (χ2n) is 8.34. The fourth-order valence-electron chi connectivity index (χ4n) is 4.53. The van der Waals surface area contributed by atoms with E-state index < -0.39 is 0 Å². The van der Waals surface area contributed by atoms with Crippen molar-refractivity contribution < 1.29 is 9.59 Å². The first-order valence-electron chi connectivity index (χ1n) is 11.3. The first-order chi connectivity index (χ1) is 16.2. The molecule has 1 fully saturated rings. The van der Waals surface area contributed by atoms with E-state index in [1.807, 2.05) is 70.6 Å². The van der Waals surface area contributed by atoms with Gasteiger partial charge in [-0.15, -0.1) is 0 Å². The van der Waals surface area contributed by atoms with Crippen molar-refractivity contribution in [1.29, 1.82) is 0 Å². The normalized spacial score (nSPS) is 14.1. The van der Waals surface area contributed by atoms with Gasteiger partial charge in [0.2, 0.25) is 5.91 Å². The zero-order valence-corrected chi connectivity index (χ0v) is 18.4. The molecule has 33 heavy (non-hydrogen) atoms. The van der Waals surface area contributed by atoms with Gasteiger partial charge < -0.3 is 9.80 Å². The van der Waals surface area contributed by atoms with Gasteiger partial charge in [0, 0.05) is 44.7 Å². The highest BCUT2D eigenvalue weighted by molar-refractivity contribution is 6.00. The molecule has 0 saturated carbocycles. The Kier molecular flexibility index (Phi) is 5.89. The Hall–Kier alpha value is -3.93. The molecule has 0 N–H and O–H groups in total. The van der Waals surface area contributed by atoms with Gasteiger partial charge in [-0.05, 0) is 23.3 Å². The van der Waals surface area contributed by atoms with Crippen LogP contribution >= 0.6 is 0 Å². The number of benzene rings is 2. The third-order valence-corrected chi connectivity index (χ3v) is 6.36. The van der Waals surface area contributed by atoms with Crippen LogP contribution in [0.25, 0.3) is 5.52 Å². The highest BCUT2D eigenvalue weighted by atomic mass is 16.2. The topological polar surface area (TPSA) is 57.9 Å². The average molecular weight is 439 g/mol. The molecule has 2 amide bonds. The molecule has 3 heterocycles. The maximum atomic E-state index is 13.2. The van der Waals surface area contributed by atoms with Crippen LogP contribution < -0.4 is 0 Å². The number of hydrogen-bond acceptors (Lipinski definition) is 3. The highest BCUT2D eigenvalue weighted by Gasteiger charge is 2.28. The molecular weight excluding hydrogens is 412 g/mol. The summed E-state index contributed by atoms with van der Waals surface area (Å²) < 4.78 is 1.71. The fraction of sp³-hybridized carbons (Fsp3) is 0.222. The van der Waals surface area contributed by atoms with E-state index in [-0.39, 0.29) is 17.7 Å². The zero-order chi connectivity index (χ0) is 22.6. The fourth-order valence-corrected chi connectivity index (χ4v) is 4.53. The average Bonchev–Trinajstić information content (AvgIpc) is 3.32. The molecule has 0 atom stereocenters. The second kappa shape index (κ2) is 9.28. The minimum atomic E-state index is -0.0326. The van der Waals surface area contributed by atoms with Crippen LogP contribution in [-0.4, -0.2) is 57.4 Å². The van der Waals surface area contributed by atoms with Crippen molar-refractivity contribution in [1.82, 2.24) is 19.4 Å². The SMILES string of the molecule is O=C(CC(c1ccccc1)c1ccccc1)N1CCN(C(=O)c2cnn3ccccc23)CC1. The molecule has 2 aromatic heterocycles. The summed E-state index contributed by atoms with van der Waals surface area (Å²) in [6.07, 6.45) is 3.87. The number of rotatable bonds is 5. The highest BCUT2D eigenvalue weighted by Crippen LogP contribution is 2.29. The molecule has 1 aliphatic rings. The Morgan fingerprint density at radius 2 is 1.33 bits per heavy atom. The van der Waals surface area contributed by atoms with Crippen molar-refractivity contribution in [3.8, 4) is 0 Å². The van der Waals surface area contributed by atoms with Gasteiger partial charge in [0.25, 0.3) is 5.91 Å². The van der Waals surface area contributed by atoms with Crippen molar-refractivity contribution in [2.75, 3.05) is 26.2 Å². The van der Waals surface area contributed by atoms with Crippen LogP contribution in [0.1, 0.15) is 33.8 Å². The summed E-state index contributed by atoms with van der Waals surface area (Å²) in [7, 11) is 0. The number of amides is 2. The number of nitrogens with zero attached hydrogens (tertiary/aromatic N) is 4. The van der Waals surface area contributed by atoms with Crippen LogP contribution in [0.3, 0.4) is 0 Å². The van der Waals surface area contributed by atoms with E-state index in [1.165, 1.54) is 0 Å². The summed E-state index contributed by atoms with van der Waals surface area (Å²) in [4.78, 5) is 30.0. The predicted molar refractivity (Wildman–Crippen MR) is 127 cm³/mol. The van der Waals surface area contributed by atoms with Gasteiger partial charge in [0.15, 0.2) is 0 Å². The molecule has 0 aliphatic carbocycles. The van der Waals surface area contributed by atoms with Crippen LogP contribution in [0.15, 0.2) is 91.3 Å². The van der Waals surface area contributed by atoms with Gasteiger partial charge in [-0.1, -0.05) is 66.7 Å². The standard InChI is InChI=1S/C27H26N4O2/c32-26(19-23(21-9-3-1-4-10-21)22-11-5-2-6-12-22)29-15-17-30(18-16-29)27(33)24-20-28-31-14-8-7-13-25(24)31/h1-14,20,23H,15-19H2. The first kappa shape index (κ1) is 20.9. The molecule has 6 nitrogen and oxygen atoms in total. The summed E-state index contributed by atoms with van der Waals surface area (Å²) in [6.45, 7) is 2.13. The zero-order valence-electron chi connectivity index (χ0n) is 18.4. The van der Waals surface area contributed by atoms with Crippen LogP contribution in [0.4, 0.5) is 0 Å². The molecule has 0 radical (unpaired) electrons. The lowest BCUT2D eigenvalue weighted by molar-refractivity contribution is -0.132. The van der Waals surface area contributed by atoms with E-state index in [0.717, 1.165) is 16.6 Å². The number of fused-ring (bicyclic) bond motifs is 1. The van der Waals surface area contributed by atoms with Crippen LogP contribution in [0, 0.1) is 0 Å². The van der Waals surface area contributed by atoms with Gasteiger partial charge in [0.1, 0.15) is 0 Å². The molecule has 166 valence electrons. The van der Waals surface area contributed by atoms with Gasteiger partial charge in [-0.3, -0.25) is 9.59 Å². The van der Waals surface area contributed by atoms with Gasteiger partial charge in [-0.2, -0.15) is 5.10 Å². The monoisotopic (exact) mass is 438 g/mol. The molecule has 1 saturated heterocycles. The lowest BCUT2D eigenvalue weighted by atomic mass is 9.88. The lowest BCUT2D eigenvalue weighted by Crippen LogP contribution is -2.50. The number of piperazine rings is 1. The lowest BCUT2D eigenvalue weighted by Gasteiger charge is -2.35. The van der Waals surface area contributed by atoms with E-state index in [4.69, 9.17) is 0 Å². The number of carbonyl (C=O) groups is 2. The van der Waals surface area contributed by atoms with Gasteiger partial charge in [-0.25, -0.2) is 4.52 Å². The van der Waals surface area contributed by atoms with Crippen LogP contribution in [-0.2, 0) is 4.79 Å². The Morgan fingerprint density at radius 3 is 1.97 bits per heavy atom. The molecule has 5 rings (SSSR count). The Bertz CT molecular complexity index is 1210. The van der Waals surface area contributed by atoms with Crippen molar-refractivity contribution in [2.45, 2.75) is 12.3 Å². The number of aromatic nitrogens is 2. The molecule has 0 spiro atoms. The molecule has 4 aromatic rings. The summed E-state index contributed by atoms with van der Waals surface area (Å²) in [5, 5.41) is 4.27. The molecule has 1 aliphatic heterocycles. The molecule has 0 unspecified atom stereocenters. The summed E-state index contributed by atoms with van der Waals surface area (Å²) in [6, 6.07) is 26.1.